The van der Waals surface area contributed by atoms with Gasteiger partial charge < -0.3 is 10.2 Å². The van der Waals surface area contributed by atoms with Crippen molar-refractivity contribution >= 4 is 16.8 Å². The van der Waals surface area contributed by atoms with Crippen LogP contribution < -0.4 is 5.73 Å². The van der Waals surface area contributed by atoms with Crippen LogP contribution in [-0.4, -0.2) is 4.98 Å². The van der Waals surface area contributed by atoms with Crippen molar-refractivity contribution in [2.24, 2.45) is 5.41 Å². The Balaban J connectivity index is 2.49. The number of hydrogen-bond donors (Lipinski definition) is 1. The number of hydrogen-bond acceptors (Lipinski definition) is 3. The number of aromatic nitrogens is 1. The number of oxazole rings is 1. The third-order valence-corrected chi connectivity index (χ3v) is 2.70. The number of rotatable bonds is 2. The Bertz CT molecular complexity index is 535. The topological polar surface area (TPSA) is 52.0 Å². The first-order chi connectivity index (χ1) is 7.89. The van der Waals surface area contributed by atoms with Gasteiger partial charge in [-0.2, -0.15) is 0 Å². The van der Waals surface area contributed by atoms with Gasteiger partial charge in [-0.1, -0.05) is 27.7 Å². The number of anilines is 1. The number of fused-ring (bicyclic) bond motifs is 1. The lowest BCUT2D eigenvalue weighted by atomic mass is 9.92. The number of aryl methyl sites for hydroxylation is 1. The molecular weight excluding hydrogens is 212 g/mol. The monoisotopic (exact) mass is 232 g/mol. The second kappa shape index (κ2) is 4.06. The van der Waals surface area contributed by atoms with Gasteiger partial charge >= 0.3 is 0 Å². The van der Waals surface area contributed by atoms with E-state index in [1.54, 1.807) is 0 Å². The minimum absolute atomic E-state index is 0.179. The molecule has 0 saturated carbocycles. The predicted molar refractivity (Wildman–Crippen MR) is 71.0 cm³/mol. The second-order valence-electron chi connectivity index (χ2n) is 5.73. The summed E-state index contributed by atoms with van der Waals surface area (Å²) >= 11 is 0. The van der Waals surface area contributed by atoms with Gasteiger partial charge in [-0.25, -0.2) is 4.98 Å². The van der Waals surface area contributed by atoms with Gasteiger partial charge in [0, 0.05) is 12.1 Å². The van der Waals surface area contributed by atoms with Crippen molar-refractivity contribution < 1.29 is 4.42 Å². The number of nitrogen functional groups attached to an aromatic ring is 1. The summed E-state index contributed by atoms with van der Waals surface area (Å²) in [7, 11) is 0. The molecule has 0 aliphatic rings. The molecule has 0 aliphatic heterocycles. The van der Waals surface area contributed by atoms with Crippen LogP contribution in [0.5, 0.6) is 0 Å². The molecule has 0 aliphatic carbocycles. The van der Waals surface area contributed by atoms with Crippen LogP contribution in [0.1, 0.15) is 39.1 Å². The summed E-state index contributed by atoms with van der Waals surface area (Å²) in [6, 6.07) is 3.85. The van der Waals surface area contributed by atoms with E-state index >= 15 is 0 Å². The van der Waals surface area contributed by atoms with Gasteiger partial charge in [0.25, 0.3) is 0 Å². The van der Waals surface area contributed by atoms with Crippen LogP contribution in [0.4, 0.5) is 5.69 Å². The van der Waals surface area contributed by atoms with Gasteiger partial charge in [0.2, 0.25) is 0 Å². The molecular formula is C14H20N2O. The zero-order valence-electron chi connectivity index (χ0n) is 11.0. The minimum Gasteiger partial charge on any atom is -0.440 e. The van der Waals surface area contributed by atoms with Crippen LogP contribution >= 0.6 is 0 Å². The average molecular weight is 232 g/mol. The maximum atomic E-state index is 5.86. The molecule has 1 aromatic carbocycles. The Morgan fingerprint density at radius 2 is 2.00 bits per heavy atom. The molecule has 1 aromatic heterocycles. The molecule has 0 spiro atoms. The fourth-order valence-electron chi connectivity index (χ4n) is 1.96. The van der Waals surface area contributed by atoms with Gasteiger partial charge in [0.1, 0.15) is 5.52 Å². The maximum Gasteiger partial charge on any atom is 0.196 e. The largest absolute Gasteiger partial charge is 0.440 e. The highest BCUT2D eigenvalue weighted by Gasteiger charge is 2.17. The van der Waals surface area contributed by atoms with Crippen molar-refractivity contribution in [3.05, 3.63) is 23.6 Å². The zero-order chi connectivity index (χ0) is 12.6. The van der Waals surface area contributed by atoms with Crippen molar-refractivity contribution in [2.75, 3.05) is 5.73 Å². The van der Waals surface area contributed by atoms with Gasteiger partial charge in [-0.3, -0.25) is 0 Å². The zero-order valence-corrected chi connectivity index (χ0v) is 11.0. The molecule has 0 fully saturated rings. The Morgan fingerprint density at radius 3 is 2.59 bits per heavy atom. The molecule has 1 heterocycles. The summed E-state index contributed by atoms with van der Waals surface area (Å²) in [4.78, 5) is 4.52. The van der Waals surface area contributed by atoms with E-state index in [0.717, 1.165) is 41.1 Å². The Morgan fingerprint density at radius 1 is 1.29 bits per heavy atom. The van der Waals surface area contributed by atoms with E-state index in [2.05, 4.69) is 32.7 Å². The fraction of sp³-hybridized carbons (Fsp3) is 0.500. The van der Waals surface area contributed by atoms with Crippen LogP contribution in [-0.2, 0) is 12.8 Å². The normalized spacial score (nSPS) is 12.2. The molecule has 0 amide bonds. The van der Waals surface area contributed by atoms with Gasteiger partial charge in [0.05, 0.1) is 0 Å². The molecule has 2 aromatic rings. The van der Waals surface area contributed by atoms with Gasteiger partial charge in [-0.15, -0.1) is 0 Å². The highest BCUT2D eigenvalue weighted by molar-refractivity contribution is 5.80. The van der Waals surface area contributed by atoms with Crippen molar-refractivity contribution in [3.63, 3.8) is 0 Å². The predicted octanol–water partition coefficient (Wildman–Crippen LogP) is 3.56. The van der Waals surface area contributed by atoms with E-state index in [1.165, 1.54) is 0 Å². The first-order valence-corrected chi connectivity index (χ1v) is 6.07. The highest BCUT2D eigenvalue weighted by Crippen LogP contribution is 2.27. The smallest absolute Gasteiger partial charge is 0.196 e. The second-order valence-corrected chi connectivity index (χ2v) is 5.73. The highest BCUT2D eigenvalue weighted by atomic mass is 16.3. The molecule has 0 radical (unpaired) electrons. The molecule has 0 saturated heterocycles. The number of benzene rings is 1. The summed E-state index contributed by atoms with van der Waals surface area (Å²) in [6.45, 7) is 8.63. The first-order valence-electron chi connectivity index (χ1n) is 6.07. The summed E-state index contributed by atoms with van der Waals surface area (Å²) in [5, 5.41) is 0. The van der Waals surface area contributed by atoms with E-state index in [4.69, 9.17) is 10.2 Å². The van der Waals surface area contributed by atoms with E-state index in [9.17, 15) is 0 Å². The van der Waals surface area contributed by atoms with Crippen LogP contribution in [0.25, 0.3) is 11.1 Å². The molecule has 2 rings (SSSR count). The van der Waals surface area contributed by atoms with Crippen LogP contribution in [0.2, 0.25) is 0 Å². The Labute approximate surface area is 102 Å². The van der Waals surface area contributed by atoms with Gasteiger partial charge in [0.15, 0.2) is 11.5 Å². The van der Waals surface area contributed by atoms with Crippen molar-refractivity contribution in [1.29, 1.82) is 0 Å². The van der Waals surface area contributed by atoms with Crippen molar-refractivity contribution in [3.8, 4) is 0 Å². The first kappa shape index (κ1) is 12.0. The summed E-state index contributed by atoms with van der Waals surface area (Å²) < 4.78 is 5.85. The van der Waals surface area contributed by atoms with E-state index in [-0.39, 0.29) is 5.41 Å². The van der Waals surface area contributed by atoms with Crippen LogP contribution in [0, 0.1) is 5.41 Å². The molecule has 92 valence electrons. The van der Waals surface area contributed by atoms with E-state index < -0.39 is 0 Å². The fourth-order valence-corrected chi connectivity index (χ4v) is 1.96. The Kier molecular flexibility index (Phi) is 2.86. The molecule has 2 N–H and O–H groups in total. The molecule has 0 bridgehead atoms. The molecule has 17 heavy (non-hydrogen) atoms. The quantitative estimate of drug-likeness (QED) is 0.805. The molecule has 3 heteroatoms. The lowest BCUT2D eigenvalue weighted by molar-refractivity contribution is 0.361. The molecule has 0 unspecified atom stereocenters. The average Bonchev–Trinajstić information content (AvgIpc) is 2.55. The van der Waals surface area contributed by atoms with Crippen LogP contribution in [0.3, 0.4) is 0 Å². The number of nitrogens with zero attached hydrogens (tertiary/aromatic N) is 1. The standard InChI is InChI=1S/C14H20N2O/c1-5-9-6-10(15)7-11-13(9)17-12(16-11)8-14(2,3)4/h6-7H,5,8,15H2,1-4H3. The van der Waals surface area contributed by atoms with Gasteiger partial charge in [-0.05, 0) is 29.5 Å². The maximum absolute atomic E-state index is 5.86. The molecule has 3 nitrogen and oxygen atoms in total. The van der Waals surface area contributed by atoms with Crippen molar-refractivity contribution in [2.45, 2.75) is 40.5 Å². The summed E-state index contributed by atoms with van der Waals surface area (Å²) in [5.74, 6) is 0.799. The van der Waals surface area contributed by atoms with Crippen LogP contribution in [0.15, 0.2) is 16.5 Å². The molecule has 0 atom stereocenters. The van der Waals surface area contributed by atoms with Crippen molar-refractivity contribution in [1.82, 2.24) is 4.98 Å². The lowest BCUT2D eigenvalue weighted by Crippen LogP contribution is -2.09. The SMILES string of the molecule is CCc1cc(N)cc2nc(CC(C)(C)C)oc12. The minimum atomic E-state index is 0.179. The Hall–Kier alpha value is -1.51. The van der Waals surface area contributed by atoms with E-state index in [0.29, 0.717) is 0 Å². The van der Waals surface area contributed by atoms with E-state index in [1.807, 2.05) is 12.1 Å². The number of nitrogens with two attached hydrogens (primary N) is 1. The summed E-state index contributed by atoms with van der Waals surface area (Å²) in [6.07, 6.45) is 1.75. The summed E-state index contributed by atoms with van der Waals surface area (Å²) in [5.41, 5.74) is 9.69. The lowest BCUT2D eigenvalue weighted by Gasteiger charge is -2.14. The third kappa shape index (κ3) is 2.60. The third-order valence-electron chi connectivity index (χ3n) is 2.70.